The lowest BCUT2D eigenvalue weighted by molar-refractivity contribution is 0.324. The SMILES string of the molecule is CN=C(Nc1cc(OC)c(OC)c(OC)c1)NC1CC1C.I. The molecule has 1 aromatic rings. The average molecular weight is 421 g/mol. The summed E-state index contributed by atoms with van der Waals surface area (Å²) >= 11 is 0. The molecule has 2 rings (SSSR count). The second kappa shape index (κ2) is 8.30. The molecule has 2 unspecified atom stereocenters. The van der Waals surface area contributed by atoms with Crippen molar-refractivity contribution < 1.29 is 14.2 Å². The van der Waals surface area contributed by atoms with Crippen molar-refractivity contribution in [1.82, 2.24) is 5.32 Å². The summed E-state index contributed by atoms with van der Waals surface area (Å²) in [6, 6.07) is 4.20. The molecular weight excluding hydrogens is 397 g/mol. The number of hydrogen-bond donors (Lipinski definition) is 2. The van der Waals surface area contributed by atoms with Gasteiger partial charge in [-0.25, -0.2) is 0 Å². The fraction of sp³-hybridized carbons (Fsp3) is 0.533. The molecule has 1 saturated carbocycles. The van der Waals surface area contributed by atoms with Crippen LogP contribution in [0.2, 0.25) is 0 Å². The van der Waals surface area contributed by atoms with Crippen molar-refractivity contribution in [3.8, 4) is 17.2 Å². The molecule has 2 atom stereocenters. The molecule has 124 valence electrons. The Morgan fingerprint density at radius 1 is 1.14 bits per heavy atom. The fourth-order valence-electron chi connectivity index (χ4n) is 2.15. The quantitative estimate of drug-likeness (QED) is 0.435. The van der Waals surface area contributed by atoms with Crippen molar-refractivity contribution in [3.05, 3.63) is 12.1 Å². The second-order valence-electron chi connectivity index (χ2n) is 5.08. The first-order chi connectivity index (χ1) is 10.1. The third-order valence-corrected chi connectivity index (χ3v) is 3.58. The lowest BCUT2D eigenvalue weighted by Gasteiger charge is -2.16. The molecule has 1 aliphatic carbocycles. The Morgan fingerprint density at radius 2 is 1.68 bits per heavy atom. The smallest absolute Gasteiger partial charge is 0.203 e. The molecule has 0 heterocycles. The fourth-order valence-corrected chi connectivity index (χ4v) is 2.15. The summed E-state index contributed by atoms with van der Waals surface area (Å²) in [5, 5.41) is 6.61. The van der Waals surface area contributed by atoms with E-state index in [0.717, 1.165) is 11.6 Å². The van der Waals surface area contributed by atoms with Crippen molar-refractivity contribution in [2.45, 2.75) is 19.4 Å². The van der Waals surface area contributed by atoms with Gasteiger partial charge in [0, 0.05) is 30.9 Å². The van der Waals surface area contributed by atoms with Crippen LogP contribution in [0.1, 0.15) is 13.3 Å². The Hall–Kier alpha value is -1.38. The van der Waals surface area contributed by atoms with Gasteiger partial charge in [-0.05, 0) is 12.3 Å². The molecular formula is C15H24IN3O3. The van der Waals surface area contributed by atoms with E-state index in [9.17, 15) is 0 Å². The molecule has 22 heavy (non-hydrogen) atoms. The maximum Gasteiger partial charge on any atom is 0.203 e. The van der Waals surface area contributed by atoms with Crippen LogP contribution in [-0.4, -0.2) is 40.4 Å². The molecule has 0 amide bonds. The van der Waals surface area contributed by atoms with Crippen molar-refractivity contribution in [2.24, 2.45) is 10.9 Å². The largest absolute Gasteiger partial charge is 0.493 e. The number of ether oxygens (including phenoxy) is 3. The Morgan fingerprint density at radius 3 is 2.05 bits per heavy atom. The number of nitrogens with one attached hydrogen (secondary N) is 2. The van der Waals surface area contributed by atoms with Gasteiger partial charge in [0.25, 0.3) is 0 Å². The second-order valence-corrected chi connectivity index (χ2v) is 5.08. The third-order valence-electron chi connectivity index (χ3n) is 3.58. The summed E-state index contributed by atoms with van der Waals surface area (Å²) in [6.07, 6.45) is 1.18. The number of rotatable bonds is 5. The van der Waals surface area contributed by atoms with Crippen LogP contribution in [0, 0.1) is 5.92 Å². The number of aliphatic imine (C=N–C) groups is 1. The van der Waals surface area contributed by atoms with Gasteiger partial charge in [-0.2, -0.15) is 0 Å². The number of guanidine groups is 1. The minimum absolute atomic E-state index is 0. The normalized spacial score (nSPS) is 19.8. The lowest BCUT2D eigenvalue weighted by atomic mass is 10.2. The van der Waals surface area contributed by atoms with E-state index in [0.29, 0.717) is 29.2 Å². The topological polar surface area (TPSA) is 64.1 Å². The van der Waals surface area contributed by atoms with Gasteiger partial charge in [-0.1, -0.05) is 6.92 Å². The molecule has 0 saturated heterocycles. The van der Waals surface area contributed by atoms with Crippen LogP contribution in [0.3, 0.4) is 0 Å². The zero-order valence-electron chi connectivity index (χ0n) is 13.6. The molecule has 6 nitrogen and oxygen atoms in total. The first kappa shape index (κ1) is 18.7. The van der Waals surface area contributed by atoms with E-state index in [-0.39, 0.29) is 24.0 Å². The van der Waals surface area contributed by atoms with E-state index in [2.05, 4.69) is 22.5 Å². The van der Waals surface area contributed by atoms with Crippen LogP contribution < -0.4 is 24.8 Å². The highest BCUT2D eigenvalue weighted by molar-refractivity contribution is 14.0. The van der Waals surface area contributed by atoms with Crippen molar-refractivity contribution >= 4 is 35.6 Å². The first-order valence-electron chi connectivity index (χ1n) is 6.93. The summed E-state index contributed by atoms with van der Waals surface area (Å²) in [5.41, 5.74) is 0.825. The summed E-state index contributed by atoms with van der Waals surface area (Å²) in [5.74, 6) is 3.22. The summed E-state index contributed by atoms with van der Waals surface area (Å²) in [6.45, 7) is 2.21. The summed E-state index contributed by atoms with van der Waals surface area (Å²) in [4.78, 5) is 4.23. The number of benzene rings is 1. The molecule has 0 aromatic heterocycles. The van der Waals surface area contributed by atoms with Gasteiger partial charge >= 0.3 is 0 Å². The molecule has 0 spiro atoms. The predicted molar refractivity (Wildman–Crippen MR) is 99.2 cm³/mol. The Labute approximate surface area is 148 Å². The third kappa shape index (κ3) is 4.31. The van der Waals surface area contributed by atoms with Crippen LogP contribution in [0.15, 0.2) is 17.1 Å². The van der Waals surface area contributed by atoms with Crippen LogP contribution >= 0.6 is 24.0 Å². The van der Waals surface area contributed by atoms with Gasteiger partial charge < -0.3 is 24.8 Å². The Bertz CT molecular complexity index is 512. The van der Waals surface area contributed by atoms with Gasteiger partial charge in [-0.15, -0.1) is 24.0 Å². The number of halogens is 1. The van der Waals surface area contributed by atoms with Gasteiger partial charge in [0.2, 0.25) is 5.75 Å². The zero-order chi connectivity index (χ0) is 15.4. The molecule has 1 aliphatic rings. The molecule has 0 radical (unpaired) electrons. The molecule has 2 N–H and O–H groups in total. The Balaban J connectivity index is 0.00000242. The van der Waals surface area contributed by atoms with E-state index in [1.54, 1.807) is 28.4 Å². The minimum atomic E-state index is 0. The van der Waals surface area contributed by atoms with Crippen LogP contribution in [0.5, 0.6) is 17.2 Å². The highest BCUT2D eigenvalue weighted by atomic mass is 127. The number of anilines is 1. The van der Waals surface area contributed by atoms with Gasteiger partial charge in [0.1, 0.15) is 0 Å². The van der Waals surface area contributed by atoms with Gasteiger partial charge in [0.15, 0.2) is 17.5 Å². The predicted octanol–water partition coefficient (Wildman–Crippen LogP) is 2.73. The van der Waals surface area contributed by atoms with E-state index in [4.69, 9.17) is 14.2 Å². The minimum Gasteiger partial charge on any atom is -0.493 e. The molecule has 7 heteroatoms. The highest BCUT2D eigenvalue weighted by Gasteiger charge is 2.33. The monoisotopic (exact) mass is 421 g/mol. The van der Waals surface area contributed by atoms with Crippen molar-refractivity contribution in [3.63, 3.8) is 0 Å². The lowest BCUT2D eigenvalue weighted by Crippen LogP contribution is -2.33. The zero-order valence-corrected chi connectivity index (χ0v) is 15.9. The van der Waals surface area contributed by atoms with E-state index in [1.165, 1.54) is 6.42 Å². The van der Waals surface area contributed by atoms with E-state index < -0.39 is 0 Å². The standard InChI is InChI=1S/C15H23N3O3.HI/c1-9-6-11(9)18-15(16-2)17-10-7-12(19-3)14(21-5)13(8-10)20-4;/h7-9,11H,6H2,1-5H3,(H2,16,17,18);1H. The van der Waals surface area contributed by atoms with Gasteiger partial charge in [-0.3, -0.25) is 4.99 Å². The molecule has 0 bridgehead atoms. The van der Waals surface area contributed by atoms with Crippen LogP contribution in [-0.2, 0) is 0 Å². The maximum atomic E-state index is 5.34. The Kier molecular flexibility index (Phi) is 7.05. The molecule has 0 aliphatic heterocycles. The van der Waals surface area contributed by atoms with E-state index in [1.807, 2.05) is 12.1 Å². The number of hydrogen-bond acceptors (Lipinski definition) is 4. The molecule has 1 fully saturated rings. The average Bonchev–Trinajstić information content (AvgIpc) is 3.20. The number of methoxy groups -OCH3 is 3. The highest BCUT2D eigenvalue weighted by Crippen LogP contribution is 2.40. The van der Waals surface area contributed by atoms with E-state index >= 15 is 0 Å². The molecule has 1 aromatic carbocycles. The van der Waals surface area contributed by atoms with Crippen molar-refractivity contribution in [1.29, 1.82) is 0 Å². The summed E-state index contributed by atoms with van der Waals surface area (Å²) in [7, 11) is 6.53. The van der Waals surface area contributed by atoms with Crippen LogP contribution in [0.25, 0.3) is 0 Å². The van der Waals surface area contributed by atoms with Gasteiger partial charge in [0.05, 0.1) is 21.3 Å². The van der Waals surface area contributed by atoms with Crippen molar-refractivity contribution in [2.75, 3.05) is 33.7 Å². The number of nitrogens with zero attached hydrogens (tertiary/aromatic N) is 1. The van der Waals surface area contributed by atoms with Crippen LogP contribution in [0.4, 0.5) is 5.69 Å². The maximum absolute atomic E-state index is 5.34. The first-order valence-corrected chi connectivity index (χ1v) is 6.93. The summed E-state index contributed by atoms with van der Waals surface area (Å²) < 4.78 is 16.0.